The number of benzene rings is 4. The van der Waals surface area contributed by atoms with E-state index in [1.165, 1.54) is 0 Å². The lowest BCUT2D eigenvalue weighted by Crippen LogP contribution is -2.30. The lowest BCUT2D eigenvalue weighted by Gasteiger charge is -2.16. The van der Waals surface area contributed by atoms with Crippen molar-refractivity contribution in [3.05, 3.63) is 264 Å². The Bertz CT molecular complexity index is 7580. The molecule has 16 heterocycles. The van der Waals surface area contributed by atoms with Crippen molar-refractivity contribution in [3.8, 4) is 45.6 Å². The van der Waals surface area contributed by atoms with Crippen LogP contribution in [0.4, 0.5) is 46.5 Å². The first-order valence-corrected chi connectivity index (χ1v) is 43.4. The molecule has 39 nitrogen and oxygen atoms in total. The van der Waals surface area contributed by atoms with E-state index in [4.69, 9.17) is 0 Å². The maximum Gasteiger partial charge on any atom is 0.270 e. The van der Waals surface area contributed by atoms with Gasteiger partial charge in [-0.1, -0.05) is 0 Å². The molecule has 1 unspecified atom stereocenters. The molecule has 0 aliphatic carbocycles. The van der Waals surface area contributed by atoms with Crippen LogP contribution in [0.15, 0.2) is 207 Å². The number of imidazole rings is 4. The Morgan fingerprint density at radius 2 is 0.815 bits per heavy atom. The third kappa shape index (κ3) is 21.2. The predicted octanol–water partition coefficient (Wildman–Crippen LogP) is 13.0. The van der Waals surface area contributed by atoms with E-state index >= 15 is 0 Å². The molecule has 684 valence electrons. The van der Waals surface area contributed by atoms with Gasteiger partial charge in [0.15, 0.2) is 0 Å². The van der Waals surface area contributed by atoms with E-state index in [0.29, 0.717) is 92.3 Å². The fourth-order valence-corrected chi connectivity index (χ4v) is 16.0. The fourth-order valence-electron chi connectivity index (χ4n) is 16.0. The summed E-state index contributed by atoms with van der Waals surface area (Å²) in [5, 5.41) is 34.0. The highest BCUT2D eigenvalue weighted by atomic mass is 16.2. The van der Waals surface area contributed by atoms with Crippen LogP contribution in [-0.2, 0) is 60.2 Å². The van der Waals surface area contributed by atoms with Crippen LogP contribution in [0.1, 0.15) is 94.5 Å². The van der Waals surface area contributed by atoms with Gasteiger partial charge in [0.1, 0.15) is 45.6 Å². The van der Waals surface area contributed by atoms with E-state index in [-0.39, 0.29) is 35.5 Å². The molecule has 1 fully saturated rings. The van der Waals surface area contributed by atoms with Crippen molar-refractivity contribution in [1.82, 2.24) is 143 Å². The molecular formula is C96H100N34O5. The molecule has 0 bridgehead atoms. The van der Waals surface area contributed by atoms with Crippen LogP contribution in [0.25, 0.3) is 89.2 Å². The Morgan fingerprint density at radius 1 is 0.437 bits per heavy atom. The summed E-state index contributed by atoms with van der Waals surface area (Å²) >= 11 is 0. The first-order valence-electron chi connectivity index (χ1n) is 43.4. The van der Waals surface area contributed by atoms with E-state index in [9.17, 15) is 24.0 Å². The number of aromatic nitrogens is 24. The van der Waals surface area contributed by atoms with E-state index in [1.807, 2.05) is 242 Å². The zero-order valence-corrected chi connectivity index (χ0v) is 76.8. The van der Waals surface area contributed by atoms with Crippen molar-refractivity contribution in [1.29, 1.82) is 0 Å². The van der Waals surface area contributed by atoms with E-state index in [2.05, 4.69) is 132 Å². The number of fused-ring (bicyclic) bond motifs is 4. The maximum absolute atomic E-state index is 13.1. The quantitative estimate of drug-likeness (QED) is 0.0268. The lowest BCUT2D eigenvalue weighted by atomic mass is 10.1. The molecule has 4 aromatic carbocycles. The third-order valence-corrected chi connectivity index (χ3v) is 22.7. The highest BCUT2D eigenvalue weighted by Gasteiger charge is 2.26. The number of aryl methyl sites for hydroxylation is 11. The normalized spacial score (nSPS) is 12.8. The van der Waals surface area contributed by atoms with Gasteiger partial charge in [-0.25, -0.2) is 59.8 Å². The van der Waals surface area contributed by atoms with E-state index < -0.39 is 0 Å². The van der Waals surface area contributed by atoms with Gasteiger partial charge < -0.3 is 85.2 Å². The number of rotatable bonds is 24. The Morgan fingerprint density at radius 3 is 1.15 bits per heavy atom. The second-order valence-electron chi connectivity index (χ2n) is 33.7. The van der Waals surface area contributed by atoms with Crippen molar-refractivity contribution in [2.75, 3.05) is 61.5 Å². The van der Waals surface area contributed by atoms with Crippen molar-refractivity contribution in [2.45, 2.75) is 61.1 Å². The van der Waals surface area contributed by atoms with Gasteiger partial charge in [0.05, 0.1) is 72.6 Å². The molecule has 0 saturated carbocycles. The SMILES string of the molecule is CC1=NCC(CNC(=O)c2cc3cc(Nc4nccc(-c5cn(C)cn5)n4)cc(C)c3[nH]2)=C1.Cc1cc(Nc2nccc(-c3cn(C)cn3)n2)cc2cc(C(=O)N(C)Cc3ccnn3C)[nH]c12.Cc1cc(Nc2nccc(-c3cn(C)cn3)n2)cc2cc(C(=O)NCC3CNC(=O)C3)[nH]c12.Cc1nn(C)cc1CN(C)C(=O)c1cc2cc(Nc3nccc(-c4cn(C)cn4)n3)cc(C)c2[nH]1. The predicted molar refractivity (Wildman–Crippen MR) is 517 cm³/mol. The maximum atomic E-state index is 13.1. The molecule has 0 spiro atoms. The number of carbonyl (C=O) groups excluding carboxylic acids is 5. The Balaban J connectivity index is 0.000000125. The molecule has 2 aliphatic rings. The molecule has 0 radical (unpaired) electrons. The number of amides is 5. The Labute approximate surface area is 774 Å². The largest absolute Gasteiger partial charge is 0.356 e. The zero-order chi connectivity index (χ0) is 94.4. The summed E-state index contributed by atoms with van der Waals surface area (Å²) in [6, 6.07) is 32.5. The number of anilines is 8. The summed E-state index contributed by atoms with van der Waals surface area (Å²) in [4.78, 5) is 137. The zero-order valence-electron chi connectivity index (χ0n) is 76.8. The van der Waals surface area contributed by atoms with Crippen LogP contribution in [0, 0.1) is 40.5 Å². The average molecular weight is 1810 g/mol. The van der Waals surface area contributed by atoms with Crippen molar-refractivity contribution >= 4 is 125 Å². The van der Waals surface area contributed by atoms with Crippen LogP contribution in [0.5, 0.6) is 0 Å². The van der Waals surface area contributed by atoms with Gasteiger partial charge in [-0.15, -0.1) is 0 Å². The fraction of sp³-hybridized carbons (Fsp3) is 0.229. The van der Waals surface area contributed by atoms with Gasteiger partial charge in [-0.2, -0.15) is 10.2 Å². The highest BCUT2D eigenvalue weighted by molar-refractivity contribution is 6.03. The van der Waals surface area contributed by atoms with Crippen LogP contribution in [-0.4, -0.2) is 203 Å². The minimum Gasteiger partial charge on any atom is -0.356 e. The lowest BCUT2D eigenvalue weighted by molar-refractivity contribution is -0.119. The van der Waals surface area contributed by atoms with Gasteiger partial charge >= 0.3 is 0 Å². The summed E-state index contributed by atoms with van der Waals surface area (Å²) in [6.45, 7) is 15.1. The standard InChI is InChI=1S/C25H27N9O.C24H25N9O.C24H24N8O.C23H24N8O2/c1-15-8-19(28-25-26-7-6-20(30-25)22-13-32(3)14-27-22)9-17-10-21(29-23(15)17)24(35)33(4)11-18-12-34(5)31-16(18)2;1-15-9-17(28-24-25-7-6-19(30-24)21-13-31(2)14-26-21)10-16-11-20(29-22(15)16)23(34)32(3)12-18-5-8-27-33(18)4;1-14-6-18(29-24-25-5-4-19(31-24)21-12-32(3)13-28-21)8-17-9-20(30-22(14)17)23(33)27-11-16-7-15(2)26-10-16;1-13-5-16(28-23-24-4-3-17(30-23)19-11-31(2)12-27-19)7-15-8-18(29-21(13)15)22(33)26-10-14-6-20(32)25-9-14/h6-10,12-14,29H,11H2,1-5H3,(H,26,28,30);5-11,13-14,29H,12H2,1-4H3,(H,25,28,30);4-9,12-13,30H,10-11H2,1-3H3,(H,27,33)(H,25,29,31);3-5,7-8,11-12,14,29H,6,9-10H2,1-2H3,(H,25,32)(H,26,33)(H,24,28,30). The van der Waals surface area contributed by atoms with Crippen molar-refractivity contribution < 1.29 is 24.0 Å². The average Bonchev–Trinajstić information content (AvgIpc) is 1.63. The van der Waals surface area contributed by atoms with E-state index in [0.717, 1.165) is 162 Å². The van der Waals surface area contributed by atoms with Gasteiger partial charge in [0.25, 0.3) is 23.6 Å². The first kappa shape index (κ1) is 89.6. The summed E-state index contributed by atoms with van der Waals surface area (Å²) in [6.07, 6.45) is 27.5. The Kier molecular flexibility index (Phi) is 25.7. The minimum atomic E-state index is -0.189. The minimum absolute atomic E-state index is 0.0325. The van der Waals surface area contributed by atoms with Crippen molar-refractivity contribution in [2.24, 2.45) is 53.2 Å². The molecule has 14 aromatic heterocycles. The second-order valence-corrected chi connectivity index (χ2v) is 33.7. The molecule has 135 heavy (non-hydrogen) atoms. The summed E-state index contributed by atoms with van der Waals surface area (Å²) < 4.78 is 11.0. The molecule has 1 saturated heterocycles. The molecular weight excluding hydrogens is 1710 g/mol. The topological polar surface area (TPSA) is 462 Å². The monoisotopic (exact) mass is 1810 g/mol. The van der Waals surface area contributed by atoms with Crippen LogP contribution < -0.4 is 37.2 Å². The number of aliphatic imine (C=N–C) groups is 1. The Hall–Kier alpha value is -17.4. The number of hydrogen-bond donors (Lipinski definition) is 11. The van der Waals surface area contributed by atoms with Gasteiger partial charge in [-0.05, 0) is 179 Å². The molecule has 18 aromatic rings. The van der Waals surface area contributed by atoms with E-state index in [1.54, 1.807) is 89.6 Å². The van der Waals surface area contributed by atoms with Crippen molar-refractivity contribution in [3.63, 3.8) is 0 Å². The summed E-state index contributed by atoms with van der Waals surface area (Å²) in [5.74, 6) is 1.56. The molecule has 5 amide bonds. The highest BCUT2D eigenvalue weighted by Crippen LogP contribution is 2.33. The van der Waals surface area contributed by atoms with Crippen LogP contribution >= 0.6 is 0 Å². The number of hydrogen-bond acceptors (Lipinski definition) is 24. The molecule has 2 aliphatic heterocycles. The van der Waals surface area contributed by atoms with Gasteiger partial charge in [-0.3, -0.25) is 38.3 Å². The van der Waals surface area contributed by atoms with Crippen LogP contribution in [0.2, 0.25) is 0 Å². The summed E-state index contributed by atoms with van der Waals surface area (Å²) in [7, 11) is 15.0. The second kappa shape index (κ2) is 38.7. The molecule has 20 rings (SSSR count). The number of nitrogens with zero attached hydrogens (tertiary/aromatic N) is 23. The first-order chi connectivity index (χ1) is 65.0. The van der Waals surface area contributed by atoms with Gasteiger partial charge in [0, 0.05) is 235 Å². The van der Waals surface area contributed by atoms with Crippen LogP contribution in [0.3, 0.4) is 0 Å². The molecule has 39 heteroatoms. The third-order valence-electron chi connectivity index (χ3n) is 22.7. The molecule has 1 atom stereocenters. The number of aromatic amines is 4. The number of nitrogens with one attached hydrogen (secondary N) is 11. The smallest absolute Gasteiger partial charge is 0.270 e. The number of allylic oxidation sites excluding steroid dienone is 1. The van der Waals surface area contributed by atoms with Gasteiger partial charge in [0.2, 0.25) is 29.7 Å². The summed E-state index contributed by atoms with van der Waals surface area (Å²) in [5.41, 5.74) is 24.2. The number of H-pyrrole nitrogens is 4. The number of carbonyl (C=O) groups is 5. The molecule has 11 N–H and O–H groups in total.